The lowest BCUT2D eigenvalue weighted by atomic mass is 10.0. The topological polar surface area (TPSA) is 3.24 Å². The first-order valence-electron chi connectivity index (χ1n) is 6.27. The summed E-state index contributed by atoms with van der Waals surface area (Å²) in [6.07, 6.45) is 2.38. The quantitative estimate of drug-likeness (QED) is 0.789. The van der Waals surface area contributed by atoms with Crippen molar-refractivity contribution in [3.05, 3.63) is 35.4 Å². The van der Waals surface area contributed by atoms with Crippen LogP contribution in [-0.4, -0.2) is 36.0 Å². The van der Waals surface area contributed by atoms with Crippen LogP contribution in [-0.2, 0) is 12.8 Å². The van der Waals surface area contributed by atoms with Crippen molar-refractivity contribution in [1.29, 1.82) is 0 Å². The molecule has 0 amide bonds. The Morgan fingerprint density at radius 3 is 2.50 bits per heavy atom. The molecule has 2 heteroatoms. The van der Waals surface area contributed by atoms with Crippen LogP contribution in [0.4, 0.5) is 0 Å². The van der Waals surface area contributed by atoms with Crippen molar-refractivity contribution in [1.82, 2.24) is 4.90 Å². The van der Waals surface area contributed by atoms with E-state index in [2.05, 4.69) is 47.9 Å². The first-order chi connectivity index (χ1) is 7.90. The molecule has 0 unspecified atom stereocenters. The molecule has 0 saturated carbocycles. The zero-order valence-corrected chi connectivity index (χ0v) is 10.9. The molecular formula is C14H21NS. The molecule has 0 radical (unpaired) electrons. The summed E-state index contributed by atoms with van der Waals surface area (Å²) >= 11 is 2.09. The Hall–Kier alpha value is -0.470. The normalized spacial score (nSPS) is 17.6. The molecule has 0 spiro atoms. The molecule has 0 aliphatic carbocycles. The smallest absolute Gasteiger partial charge is 0.00728 e. The lowest BCUT2D eigenvalue weighted by molar-refractivity contribution is 0.306. The van der Waals surface area contributed by atoms with E-state index in [0.717, 1.165) is 6.42 Å². The van der Waals surface area contributed by atoms with Crippen molar-refractivity contribution in [2.45, 2.75) is 19.8 Å². The molecule has 1 aliphatic heterocycles. The molecule has 1 heterocycles. The average Bonchev–Trinajstić information content (AvgIpc) is 2.38. The molecule has 2 rings (SSSR count). The van der Waals surface area contributed by atoms with Crippen LogP contribution in [0, 0.1) is 0 Å². The van der Waals surface area contributed by atoms with Crippen LogP contribution in [0.3, 0.4) is 0 Å². The highest BCUT2D eigenvalue weighted by atomic mass is 32.2. The fourth-order valence-corrected chi connectivity index (χ4v) is 3.23. The van der Waals surface area contributed by atoms with E-state index in [0.29, 0.717) is 0 Å². The van der Waals surface area contributed by atoms with E-state index in [1.54, 1.807) is 5.56 Å². The zero-order chi connectivity index (χ0) is 11.2. The second-order valence-corrected chi connectivity index (χ2v) is 5.55. The Bertz CT molecular complexity index is 318. The van der Waals surface area contributed by atoms with Gasteiger partial charge < -0.3 is 4.90 Å². The third kappa shape index (κ3) is 3.26. The first-order valence-corrected chi connectivity index (χ1v) is 7.42. The van der Waals surface area contributed by atoms with Crippen molar-refractivity contribution in [2.24, 2.45) is 0 Å². The first kappa shape index (κ1) is 12.0. The zero-order valence-electron chi connectivity index (χ0n) is 10.1. The maximum atomic E-state index is 2.60. The molecule has 1 saturated heterocycles. The fourth-order valence-electron chi connectivity index (χ4n) is 2.25. The SMILES string of the molecule is CCc1ccccc1CCN1CCSCC1. The number of rotatable bonds is 4. The predicted octanol–water partition coefficient (Wildman–Crippen LogP) is 2.84. The summed E-state index contributed by atoms with van der Waals surface area (Å²) < 4.78 is 0. The summed E-state index contributed by atoms with van der Waals surface area (Å²) in [7, 11) is 0. The van der Waals surface area contributed by atoms with Gasteiger partial charge in [0.15, 0.2) is 0 Å². The van der Waals surface area contributed by atoms with Crippen LogP contribution in [0.25, 0.3) is 0 Å². The lowest BCUT2D eigenvalue weighted by Crippen LogP contribution is -2.34. The monoisotopic (exact) mass is 235 g/mol. The summed E-state index contributed by atoms with van der Waals surface area (Å²) in [6, 6.07) is 8.87. The van der Waals surface area contributed by atoms with Crippen molar-refractivity contribution in [2.75, 3.05) is 31.1 Å². The van der Waals surface area contributed by atoms with Crippen LogP contribution in [0.2, 0.25) is 0 Å². The van der Waals surface area contributed by atoms with Gasteiger partial charge in [0.25, 0.3) is 0 Å². The molecule has 16 heavy (non-hydrogen) atoms. The summed E-state index contributed by atoms with van der Waals surface area (Å²) in [5.41, 5.74) is 3.07. The molecule has 1 aliphatic rings. The molecule has 0 atom stereocenters. The van der Waals surface area contributed by atoms with E-state index in [1.165, 1.54) is 43.1 Å². The minimum absolute atomic E-state index is 1.16. The molecule has 0 aromatic heterocycles. The molecule has 0 N–H and O–H groups in total. The van der Waals surface area contributed by atoms with Gasteiger partial charge in [-0.05, 0) is 24.0 Å². The number of benzene rings is 1. The summed E-state index contributed by atoms with van der Waals surface area (Å²) in [4.78, 5) is 2.60. The highest BCUT2D eigenvalue weighted by Gasteiger charge is 2.10. The van der Waals surface area contributed by atoms with E-state index in [9.17, 15) is 0 Å². The van der Waals surface area contributed by atoms with Gasteiger partial charge in [-0.25, -0.2) is 0 Å². The highest BCUT2D eigenvalue weighted by molar-refractivity contribution is 7.99. The van der Waals surface area contributed by atoms with Gasteiger partial charge in [-0.2, -0.15) is 11.8 Å². The molecular weight excluding hydrogens is 214 g/mol. The predicted molar refractivity (Wildman–Crippen MR) is 73.3 cm³/mol. The van der Waals surface area contributed by atoms with Crippen LogP contribution < -0.4 is 0 Å². The third-order valence-corrected chi connectivity index (χ3v) is 4.24. The standard InChI is InChI=1S/C14H21NS/c1-2-13-5-3-4-6-14(13)7-8-15-9-11-16-12-10-15/h3-6H,2,7-12H2,1H3. The van der Waals surface area contributed by atoms with Gasteiger partial charge in [-0.1, -0.05) is 31.2 Å². The number of hydrogen-bond donors (Lipinski definition) is 0. The maximum absolute atomic E-state index is 2.60. The Kier molecular flexibility index (Phi) is 4.73. The average molecular weight is 235 g/mol. The fraction of sp³-hybridized carbons (Fsp3) is 0.571. The van der Waals surface area contributed by atoms with E-state index in [4.69, 9.17) is 0 Å². The van der Waals surface area contributed by atoms with Gasteiger partial charge in [-0.15, -0.1) is 0 Å². The Labute approximate surface area is 103 Å². The van der Waals surface area contributed by atoms with E-state index in [1.807, 2.05) is 0 Å². The Balaban J connectivity index is 1.88. The van der Waals surface area contributed by atoms with E-state index < -0.39 is 0 Å². The van der Waals surface area contributed by atoms with E-state index in [-0.39, 0.29) is 0 Å². The van der Waals surface area contributed by atoms with Gasteiger partial charge in [0.05, 0.1) is 0 Å². The number of aryl methyl sites for hydroxylation is 1. The molecule has 1 aromatic carbocycles. The van der Waals surface area contributed by atoms with Crippen LogP contribution in [0.1, 0.15) is 18.1 Å². The largest absolute Gasteiger partial charge is 0.301 e. The van der Waals surface area contributed by atoms with E-state index >= 15 is 0 Å². The maximum Gasteiger partial charge on any atom is 0.00728 e. The second-order valence-electron chi connectivity index (χ2n) is 4.33. The van der Waals surface area contributed by atoms with Gasteiger partial charge in [0, 0.05) is 31.1 Å². The van der Waals surface area contributed by atoms with Gasteiger partial charge in [-0.3, -0.25) is 0 Å². The molecule has 1 nitrogen and oxygen atoms in total. The highest BCUT2D eigenvalue weighted by Crippen LogP contribution is 2.13. The van der Waals surface area contributed by atoms with Crippen molar-refractivity contribution < 1.29 is 0 Å². The Morgan fingerprint density at radius 2 is 1.81 bits per heavy atom. The van der Waals surface area contributed by atoms with Crippen molar-refractivity contribution in [3.63, 3.8) is 0 Å². The van der Waals surface area contributed by atoms with Gasteiger partial charge >= 0.3 is 0 Å². The molecule has 1 aromatic rings. The summed E-state index contributed by atoms with van der Waals surface area (Å²) in [5.74, 6) is 2.63. The second kappa shape index (κ2) is 6.31. The third-order valence-electron chi connectivity index (χ3n) is 3.30. The number of hydrogen-bond acceptors (Lipinski definition) is 2. The van der Waals surface area contributed by atoms with Crippen molar-refractivity contribution in [3.8, 4) is 0 Å². The molecule has 1 fully saturated rings. The van der Waals surface area contributed by atoms with Gasteiger partial charge in [0.1, 0.15) is 0 Å². The number of nitrogens with zero attached hydrogens (tertiary/aromatic N) is 1. The van der Waals surface area contributed by atoms with Crippen LogP contribution >= 0.6 is 11.8 Å². The number of thioether (sulfide) groups is 1. The summed E-state index contributed by atoms with van der Waals surface area (Å²) in [6.45, 7) is 6.03. The molecule has 88 valence electrons. The van der Waals surface area contributed by atoms with Crippen molar-refractivity contribution >= 4 is 11.8 Å². The lowest BCUT2D eigenvalue weighted by Gasteiger charge is -2.26. The Morgan fingerprint density at radius 1 is 1.12 bits per heavy atom. The minimum atomic E-state index is 1.16. The molecule has 0 bridgehead atoms. The van der Waals surface area contributed by atoms with Crippen LogP contribution in [0.15, 0.2) is 24.3 Å². The summed E-state index contributed by atoms with van der Waals surface area (Å²) in [5, 5.41) is 0. The van der Waals surface area contributed by atoms with Gasteiger partial charge in [0.2, 0.25) is 0 Å². The minimum Gasteiger partial charge on any atom is -0.301 e. The van der Waals surface area contributed by atoms with Crippen LogP contribution in [0.5, 0.6) is 0 Å².